The van der Waals surface area contributed by atoms with Crippen molar-refractivity contribution in [1.29, 1.82) is 0 Å². The van der Waals surface area contributed by atoms with E-state index in [0.717, 1.165) is 38.5 Å². The van der Waals surface area contributed by atoms with Gasteiger partial charge in [0, 0.05) is 25.7 Å². The first-order valence-electron chi connectivity index (χ1n) is 7.75. The maximum absolute atomic E-state index is 10.8. The van der Waals surface area contributed by atoms with Gasteiger partial charge >= 0.3 is 5.97 Å². The lowest BCUT2D eigenvalue weighted by atomic mass is 9.96. The molecule has 4 heteroatoms. The first-order valence-corrected chi connectivity index (χ1v) is 7.75. The predicted molar refractivity (Wildman–Crippen MR) is 78.4 cm³/mol. The molecule has 1 N–H and O–H groups in total. The molecule has 1 rings (SSSR count). The number of hydrogen-bond acceptors (Lipinski definition) is 3. The average molecular weight is 270 g/mol. The molecule has 4 nitrogen and oxygen atoms in total. The summed E-state index contributed by atoms with van der Waals surface area (Å²) in [5.41, 5.74) is 0. The van der Waals surface area contributed by atoms with Gasteiger partial charge in [-0.15, -0.1) is 0 Å². The Morgan fingerprint density at radius 3 is 2.47 bits per heavy atom. The van der Waals surface area contributed by atoms with Gasteiger partial charge in [0.05, 0.1) is 6.54 Å². The zero-order valence-corrected chi connectivity index (χ0v) is 12.8. The summed E-state index contributed by atoms with van der Waals surface area (Å²) in [6, 6.07) is 0.666. The summed E-state index contributed by atoms with van der Waals surface area (Å²) < 4.78 is 0. The third-order valence-corrected chi connectivity index (χ3v) is 4.34. The number of aliphatic carboxylic acids is 1. The summed E-state index contributed by atoms with van der Waals surface area (Å²) in [6.45, 7) is 11.0. The number of carboxylic acid groups (broad SMARTS) is 1. The lowest BCUT2D eigenvalue weighted by Crippen LogP contribution is -2.39. The molecule has 2 atom stereocenters. The minimum Gasteiger partial charge on any atom is -0.480 e. The predicted octanol–water partition coefficient (Wildman–Crippen LogP) is 2.29. The molecule has 0 amide bonds. The zero-order chi connectivity index (χ0) is 14.3. The summed E-state index contributed by atoms with van der Waals surface area (Å²) in [4.78, 5) is 15.4. The first-order chi connectivity index (χ1) is 9.06. The van der Waals surface area contributed by atoms with E-state index in [-0.39, 0.29) is 6.54 Å². The van der Waals surface area contributed by atoms with Gasteiger partial charge in [0.25, 0.3) is 0 Å². The van der Waals surface area contributed by atoms with E-state index in [2.05, 4.69) is 30.6 Å². The highest BCUT2D eigenvalue weighted by Gasteiger charge is 2.22. The summed E-state index contributed by atoms with van der Waals surface area (Å²) >= 11 is 0. The highest BCUT2D eigenvalue weighted by atomic mass is 16.4. The molecule has 1 heterocycles. The molecule has 0 aromatic rings. The molecule has 0 aliphatic carbocycles. The SMILES string of the molecule is CCC(C)CC(CC)N1CCCN(CC(=O)O)CC1. The highest BCUT2D eigenvalue weighted by molar-refractivity contribution is 5.69. The number of carbonyl (C=O) groups is 1. The Kier molecular flexibility index (Phi) is 7.39. The molecule has 0 aromatic heterocycles. The van der Waals surface area contributed by atoms with Crippen molar-refractivity contribution in [3.8, 4) is 0 Å². The fraction of sp³-hybridized carbons (Fsp3) is 0.933. The van der Waals surface area contributed by atoms with Crippen molar-refractivity contribution in [3.05, 3.63) is 0 Å². The molecule has 0 bridgehead atoms. The number of nitrogens with zero attached hydrogens (tertiary/aromatic N) is 2. The van der Waals surface area contributed by atoms with Gasteiger partial charge in [-0.2, -0.15) is 0 Å². The van der Waals surface area contributed by atoms with E-state index in [1.807, 2.05) is 0 Å². The van der Waals surface area contributed by atoms with Gasteiger partial charge in [-0.3, -0.25) is 14.6 Å². The van der Waals surface area contributed by atoms with Crippen molar-refractivity contribution in [2.45, 2.75) is 52.5 Å². The normalized spacial score (nSPS) is 21.8. The summed E-state index contributed by atoms with van der Waals surface area (Å²) in [5, 5.41) is 8.87. The van der Waals surface area contributed by atoms with Gasteiger partial charge in [0.2, 0.25) is 0 Å². The van der Waals surface area contributed by atoms with Crippen LogP contribution in [0.25, 0.3) is 0 Å². The average Bonchev–Trinajstić information content (AvgIpc) is 2.60. The topological polar surface area (TPSA) is 43.8 Å². The summed E-state index contributed by atoms with van der Waals surface area (Å²) in [5.74, 6) is 0.0726. The molecule has 112 valence electrons. The van der Waals surface area contributed by atoms with Crippen LogP contribution in [0.4, 0.5) is 0 Å². The number of carboxylic acids is 1. The van der Waals surface area contributed by atoms with Gasteiger partial charge < -0.3 is 5.11 Å². The maximum atomic E-state index is 10.8. The van der Waals surface area contributed by atoms with Crippen molar-refractivity contribution in [2.24, 2.45) is 5.92 Å². The van der Waals surface area contributed by atoms with E-state index >= 15 is 0 Å². The van der Waals surface area contributed by atoms with Crippen molar-refractivity contribution >= 4 is 5.97 Å². The second kappa shape index (κ2) is 8.54. The molecule has 19 heavy (non-hydrogen) atoms. The van der Waals surface area contributed by atoms with Crippen LogP contribution in [0.3, 0.4) is 0 Å². The van der Waals surface area contributed by atoms with Gasteiger partial charge in [-0.05, 0) is 31.7 Å². The smallest absolute Gasteiger partial charge is 0.317 e. The Morgan fingerprint density at radius 1 is 1.16 bits per heavy atom. The van der Waals surface area contributed by atoms with Crippen LogP contribution in [0.5, 0.6) is 0 Å². The molecule has 1 aliphatic rings. The highest BCUT2D eigenvalue weighted by Crippen LogP contribution is 2.19. The van der Waals surface area contributed by atoms with Crippen molar-refractivity contribution in [1.82, 2.24) is 9.80 Å². The van der Waals surface area contributed by atoms with Gasteiger partial charge in [-0.1, -0.05) is 27.2 Å². The maximum Gasteiger partial charge on any atom is 0.317 e. The molecule has 0 aromatic carbocycles. The molecule has 1 aliphatic heterocycles. The van der Waals surface area contributed by atoms with E-state index in [1.54, 1.807) is 0 Å². The molecule has 2 unspecified atom stereocenters. The van der Waals surface area contributed by atoms with Crippen LogP contribution in [0.15, 0.2) is 0 Å². The molecule has 1 saturated heterocycles. The molecule has 0 saturated carbocycles. The van der Waals surface area contributed by atoms with Crippen LogP contribution in [-0.2, 0) is 4.79 Å². The van der Waals surface area contributed by atoms with E-state index in [0.29, 0.717) is 6.04 Å². The minimum atomic E-state index is -0.708. The van der Waals surface area contributed by atoms with E-state index in [9.17, 15) is 4.79 Å². The van der Waals surface area contributed by atoms with Crippen molar-refractivity contribution in [2.75, 3.05) is 32.7 Å². The van der Waals surface area contributed by atoms with Crippen LogP contribution in [0.2, 0.25) is 0 Å². The second-order valence-corrected chi connectivity index (χ2v) is 5.87. The summed E-state index contributed by atoms with van der Waals surface area (Å²) in [7, 11) is 0. The fourth-order valence-corrected chi connectivity index (χ4v) is 2.91. The molecule has 0 spiro atoms. The molecule has 0 radical (unpaired) electrons. The monoisotopic (exact) mass is 270 g/mol. The standard InChI is InChI=1S/C15H30N2O2/c1-4-13(3)11-14(5-2)17-8-6-7-16(9-10-17)12-15(18)19/h13-14H,4-12H2,1-3H3,(H,18,19). The number of hydrogen-bond donors (Lipinski definition) is 1. The molecular weight excluding hydrogens is 240 g/mol. The van der Waals surface area contributed by atoms with Crippen LogP contribution in [-0.4, -0.2) is 59.6 Å². The Morgan fingerprint density at radius 2 is 1.89 bits per heavy atom. The van der Waals surface area contributed by atoms with Crippen molar-refractivity contribution in [3.63, 3.8) is 0 Å². The quantitative estimate of drug-likeness (QED) is 0.771. The zero-order valence-electron chi connectivity index (χ0n) is 12.8. The van der Waals surface area contributed by atoms with E-state index in [1.165, 1.54) is 19.3 Å². The molecule has 1 fully saturated rings. The van der Waals surface area contributed by atoms with Gasteiger partial charge in [0.15, 0.2) is 0 Å². The van der Waals surface area contributed by atoms with E-state index < -0.39 is 5.97 Å². The number of rotatable bonds is 7. The van der Waals surface area contributed by atoms with E-state index in [4.69, 9.17) is 5.11 Å². The lowest BCUT2D eigenvalue weighted by Gasteiger charge is -2.31. The van der Waals surface area contributed by atoms with Crippen LogP contribution in [0.1, 0.15) is 46.5 Å². The third-order valence-electron chi connectivity index (χ3n) is 4.34. The van der Waals surface area contributed by atoms with Crippen LogP contribution >= 0.6 is 0 Å². The van der Waals surface area contributed by atoms with Gasteiger partial charge in [-0.25, -0.2) is 0 Å². The second-order valence-electron chi connectivity index (χ2n) is 5.87. The van der Waals surface area contributed by atoms with Crippen LogP contribution in [0, 0.1) is 5.92 Å². The Labute approximate surface area is 117 Å². The van der Waals surface area contributed by atoms with Crippen LogP contribution < -0.4 is 0 Å². The third kappa shape index (κ3) is 5.91. The fourth-order valence-electron chi connectivity index (χ4n) is 2.91. The summed E-state index contributed by atoms with van der Waals surface area (Å²) in [6.07, 6.45) is 4.80. The Balaban J connectivity index is 2.47. The first kappa shape index (κ1) is 16.4. The Bertz CT molecular complexity index is 271. The largest absolute Gasteiger partial charge is 0.480 e. The Hall–Kier alpha value is -0.610. The van der Waals surface area contributed by atoms with Gasteiger partial charge in [0.1, 0.15) is 0 Å². The minimum absolute atomic E-state index is 0.190. The van der Waals surface area contributed by atoms with Crippen molar-refractivity contribution < 1.29 is 9.90 Å². The lowest BCUT2D eigenvalue weighted by molar-refractivity contribution is -0.138. The molecular formula is C15H30N2O2.